The fourth-order valence-corrected chi connectivity index (χ4v) is 3.77. The molecule has 0 aromatic rings. The van der Waals surface area contributed by atoms with Crippen LogP contribution in [-0.4, -0.2) is 10.7 Å². The number of aliphatic hydroxyl groups is 1. The summed E-state index contributed by atoms with van der Waals surface area (Å²) in [4.78, 5) is 0. The van der Waals surface area contributed by atoms with Crippen molar-refractivity contribution in [1.82, 2.24) is 0 Å². The van der Waals surface area contributed by atoms with Crippen molar-refractivity contribution in [2.24, 2.45) is 17.8 Å². The van der Waals surface area contributed by atoms with E-state index in [0.717, 1.165) is 32.1 Å². The molecule has 3 atom stereocenters. The number of rotatable bonds is 1. The minimum atomic E-state index is -0.545. The summed E-state index contributed by atoms with van der Waals surface area (Å²) in [6.45, 7) is 11.1. The summed E-state index contributed by atoms with van der Waals surface area (Å²) in [5.41, 5.74) is 3.93. The summed E-state index contributed by atoms with van der Waals surface area (Å²) in [5, 5.41) is 10.8. The zero-order chi connectivity index (χ0) is 15.6. The van der Waals surface area contributed by atoms with Crippen molar-refractivity contribution in [2.45, 2.75) is 72.3 Å². The third-order valence-corrected chi connectivity index (χ3v) is 5.51. The van der Waals surface area contributed by atoms with Crippen molar-refractivity contribution < 1.29 is 5.11 Å². The second-order valence-electron chi connectivity index (χ2n) is 7.73. The number of allylic oxidation sites excluding steroid dienone is 5. The average molecular weight is 288 g/mol. The maximum Gasteiger partial charge on any atom is 0.0688 e. The lowest BCUT2D eigenvalue weighted by Gasteiger charge is -2.25. The van der Waals surface area contributed by atoms with Crippen molar-refractivity contribution in [3.05, 3.63) is 34.9 Å². The Hall–Kier alpha value is -0.820. The Labute approximate surface area is 130 Å². The van der Waals surface area contributed by atoms with Gasteiger partial charge in [0.05, 0.1) is 5.60 Å². The predicted molar refractivity (Wildman–Crippen MR) is 91.1 cm³/mol. The van der Waals surface area contributed by atoms with E-state index < -0.39 is 5.60 Å². The van der Waals surface area contributed by atoms with Crippen LogP contribution in [0.25, 0.3) is 0 Å². The molecule has 2 aliphatic rings. The maximum absolute atomic E-state index is 10.8. The Morgan fingerprint density at radius 3 is 2.57 bits per heavy atom. The van der Waals surface area contributed by atoms with Gasteiger partial charge in [0.25, 0.3) is 0 Å². The second-order valence-corrected chi connectivity index (χ2v) is 7.73. The van der Waals surface area contributed by atoms with Gasteiger partial charge in [-0.2, -0.15) is 0 Å². The summed E-state index contributed by atoms with van der Waals surface area (Å²) in [6.07, 6.45) is 12.5. The molecule has 0 aromatic carbocycles. The average Bonchev–Trinajstić information content (AvgIpc) is 2.68. The molecule has 118 valence electrons. The molecular formula is C20H32O. The van der Waals surface area contributed by atoms with Gasteiger partial charge in [0, 0.05) is 5.92 Å². The van der Waals surface area contributed by atoms with E-state index in [2.05, 4.69) is 45.9 Å². The van der Waals surface area contributed by atoms with E-state index in [-0.39, 0.29) is 0 Å². The van der Waals surface area contributed by atoms with Gasteiger partial charge >= 0.3 is 0 Å². The monoisotopic (exact) mass is 288 g/mol. The molecule has 1 nitrogen and oxygen atoms in total. The zero-order valence-corrected chi connectivity index (χ0v) is 14.4. The van der Waals surface area contributed by atoms with Crippen LogP contribution in [0.2, 0.25) is 0 Å². The summed E-state index contributed by atoms with van der Waals surface area (Å²) in [6, 6.07) is 0. The molecule has 1 heteroatoms. The lowest BCUT2D eigenvalue weighted by molar-refractivity contribution is 0.0366. The summed E-state index contributed by atoms with van der Waals surface area (Å²) in [5.74, 6) is 1.43. The van der Waals surface area contributed by atoms with Gasteiger partial charge in [-0.1, -0.05) is 48.8 Å². The minimum Gasteiger partial charge on any atom is -0.390 e. The van der Waals surface area contributed by atoms with E-state index in [1.807, 2.05) is 6.92 Å². The molecule has 0 radical (unpaired) electrons. The van der Waals surface area contributed by atoms with Crippen molar-refractivity contribution in [2.75, 3.05) is 0 Å². The first-order chi connectivity index (χ1) is 9.79. The molecule has 0 saturated heterocycles. The van der Waals surface area contributed by atoms with Gasteiger partial charge in [0.15, 0.2) is 0 Å². The van der Waals surface area contributed by atoms with Crippen LogP contribution in [-0.2, 0) is 0 Å². The van der Waals surface area contributed by atoms with Crippen LogP contribution in [0, 0.1) is 17.8 Å². The highest BCUT2D eigenvalue weighted by atomic mass is 16.3. The van der Waals surface area contributed by atoms with E-state index in [4.69, 9.17) is 0 Å². The van der Waals surface area contributed by atoms with Gasteiger partial charge < -0.3 is 5.11 Å². The summed E-state index contributed by atoms with van der Waals surface area (Å²) < 4.78 is 0. The molecule has 21 heavy (non-hydrogen) atoms. The van der Waals surface area contributed by atoms with Gasteiger partial charge in [-0.25, -0.2) is 0 Å². The quantitative estimate of drug-likeness (QED) is 0.638. The number of hydrogen-bond acceptors (Lipinski definition) is 1. The number of hydrogen-bond donors (Lipinski definition) is 1. The van der Waals surface area contributed by atoms with Crippen molar-refractivity contribution in [3.8, 4) is 0 Å². The molecule has 1 N–H and O–H groups in total. The van der Waals surface area contributed by atoms with Crippen LogP contribution in [0.3, 0.4) is 0 Å². The first-order valence-electron chi connectivity index (χ1n) is 8.55. The smallest absolute Gasteiger partial charge is 0.0688 e. The lowest BCUT2D eigenvalue weighted by atomic mass is 9.86. The Balaban J connectivity index is 2.35. The van der Waals surface area contributed by atoms with E-state index >= 15 is 0 Å². The van der Waals surface area contributed by atoms with Gasteiger partial charge in [0.2, 0.25) is 0 Å². The lowest BCUT2D eigenvalue weighted by Crippen LogP contribution is -2.28. The van der Waals surface area contributed by atoms with Crippen LogP contribution < -0.4 is 0 Å². The van der Waals surface area contributed by atoms with Crippen LogP contribution in [0.4, 0.5) is 0 Å². The molecule has 0 aromatic heterocycles. The Morgan fingerprint density at radius 2 is 1.90 bits per heavy atom. The highest BCUT2D eigenvalue weighted by Gasteiger charge is 2.41. The molecule has 0 aliphatic heterocycles. The van der Waals surface area contributed by atoms with Crippen LogP contribution in [0.15, 0.2) is 34.9 Å². The molecule has 1 saturated carbocycles. The number of fused-ring (bicyclic) bond motifs is 2. The maximum atomic E-state index is 10.8. The predicted octanol–water partition coefficient (Wildman–Crippen LogP) is 5.42. The molecule has 0 unspecified atom stereocenters. The van der Waals surface area contributed by atoms with E-state index in [0.29, 0.717) is 17.8 Å². The fourth-order valence-electron chi connectivity index (χ4n) is 3.77. The highest BCUT2D eigenvalue weighted by molar-refractivity contribution is 5.20. The molecule has 2 aliphatic carbocycles. The standard InChI is InChI=1S/C20H32O/c1-14(2)17-10-9-15(3)7-6-8-16(4)18-12-19(11-17)20(5,21)13-18/h7-8,11,14,18-19,21H,6,9-10,12-13H2,1-5H3/b15-7+,16-8+,17-11+/t18-,19+,20-/m1/s1. The molecule has 0 spiro atoms. The summed E-state index contributed by atoms with van der Waals surface area (Å²) in [7, 11) is 0. The minimum absolute atomic E-state index is 0.312. The SMILES string of the molecule is C/C1=C\C/C=C(\C)[C@@H]2C[C@H](/C=C(/C(C)C)CC1)[C@](C)(O)C2. The Morgan fingerprint density at radius 1 is 1.19 bits per heavy atom. The largest absolute Gasteiger partial charge is 0.390 e. The molecule has 0 heterocycles. The molecule has 1 fully saturated rings. The molecule has 2 rings (SSSR count). The second kappa shape index (κ2) is 6.52. The van der Waals surface area contributed by atoms with E-state index in [1.165, 1.54) is 16.7 Å². The van der Waals surface area contributed by atoms with Gasteiger partial charge in [-0.15, -0.1) is 0 Å². The van der Waals surface area contributed by atoms with Gasteiger partial charge in [0.1, 0.15) is 0 Å². The van der Waals surface area contributed by atoms with Crippen molar-refractivity contribution in [1.29, 1.82) is 0 Å². The third kappa shape index (κ3) is 4.10. The molecule has 2 bridgehead atoms. The van der Waals surface area contributed by atoms with Crippen molar-refractivity contribution in [3.63, 3.8) is 0 Å². The van der Waals surface area contributed by atoms with Crippen LogP contribution in [0.5, 0.6) is 0 Å². The fraction of sp³-hybridized carbons (Fsp3) is 0.700. The first kappa shape index (κ1) is 16.5. The third-order valence-electron chi connectivity index (χ3n) is 5.51. The topological polar surface area (TPSA) is 20.2 Å². The Bertz CT molecular complexity index is 462. The summed E-state index contributed by atoms with van der Waals surface area (Å²) >= 11 is 0. The van der Waals surface area contributed by atoms with Crippen LogP contribution in [0.1, 0.15) is 66.7 Å². The van der Waals surface area contributed by atoms with Gasteiger partial charge in [-0.3, -0.25) is 0 Å². The normalized spacial score (nSPS) is 42.1. The van der Waals surface area contributed by atoms with Crippen molar-refractivity contribution >= 4 is 0 Å². The van der Waals surface area contributed by atoms with Gasteiger partial charge in [-0.05, 0) is 64.7 Å². The highest BCUT2D eigenvalue weighted by Crippen LogP contribution is 2.44. The van der Waals surface area contributed by atoms with Crippen LogP contribution >= 0.6 is 0 Å². The zero-order valence-electron chi connectivity index (χ0n) is 14.4. The molecule has 0 amide bonds. The molecular weight excluding hydrogens is 256 g/mol. The Kier molecular flexibility index (Phi) is 5.14. The van der Waals surface area contributed by atoms with E-state index in [1.54, 1.807) is 0 Å². The van der Waals surface area contributed by atoms with E-state index in [9.17, 15) is 5.11 Å². The first-order valence-corrected chi connectivity index (χ1v) is 8.55.